The third-order valence-corrected chi connectivity index (χ3v) is 2.45. The van der Waals surface area contributed by atoms with Crippen LogP contribution in [0.2, 0.25) is 4.37 Å². The molecule has 0 aliphatic carbocycles. The number of rotatable bonds is 1. The van der Waals surface area contributed by atoms with E-state index in [1.54, 1.807) is 0 Å². The molecule has 0 rings (SSSR count). The van der Waals surface area contributed by atoms with Crippen LogP contribution < -0.4 is 0 Å². The van der Waals surface area contributed by atoms with E-state index in [-0.39, 0.29) is 0 Å². The zero-order valence-electron chi connectivity index (χ0n) is 3.73. The maximum absolute atomic E-state index is 2.23. The quantitative estimate of drug-likeness (QED) is 0.531. The van der Waals surface area contributed by atoms with Gasteiger partial charge in [0.25, 0.3) is 0 Å². The van der Waals surface area contributed by atoms with E-state index in [0.29, 0.717) is 0 Å². The maximum atomic E-state index is 2.23. The molecule has 0 atom stereocenters. The van der Waals surface area contributed by atoms with Crippen LogP contribution in [0.25, 0.3) is 0 Å². The van der Waals surface area contributed by atoms with Crippen molar-refractivity contribution < 1.29 is 0 Å². The third-order valence-electron chi connectivity index (χ3n) is 0.365. The average molecular weight is 179 g/mol. The zero-order valence-corrected chi connectivity index (χ0v) is 6.28. The Kier molecular flexibility index (Phi) is 3.52. The van der Waals surface area contributed by atoms with Gasteiger partial charge in [-0.3, -0.25) is 0 Å². The van der Waals surface area contributed by atoms with Crippen molar-refractivity contribution in [1.82, 2.24) is 0 Å². The Morgan fingerprint density at radius 3 is 1.80 bits per heavy atom. The van der Waals surface area contributed by atoms with Crippen molar-refractivity contribution in [2.24, 2.45) is 5.92 Å². The third kappa shape index (κ3) is 4.82. The van der Waals surface area contributed by atoms with E-state index in [2.05, 4.69) is 13.8 Å². The molecule has 0 fully saturated rings. The van der Waals surface area contributed by atoms with Gasteiger partial charge in [-0.2, -0.15) is 0 Å². The Bertz CT molecular complexity index is 17.6. The van der Waals surface area contributed by atoms with Gasteiger partial charge in [-0.25, -0.2) is 0 Å². The van der Waals surface area contributed by atoms with Crippen LogP contribution in [-0.4, -0.2) is 23.0 Å². The van der Waals surface area contributed by atoms with Crippen molar-refractivity contribution in [3.8, 4) is 0 Å². The van der Waals surface area contributed by atoms with Crippen molar-refractivity contribution >= 4 is 23.0 Å². The minimum atomic E-state index is 0.906. The van der Waals surface area contributed by atoms with E-state index in [0.717, 1.165) is 5.92 Å². The van der Waals surface area contributed by atoms with E-state index >= 15 is 0 Å². The molecule has 30 valence electrons. The van der Waals surface area contributed by atoms with E-state index < -0.39 is 0 Å². The summed E-state index contributed by atoms with van der Waals surface area (Å²) in [6, 6.07) is 0. The molecule has 0 saturated heterocycles. The fourth-order valence-corrected chi connectivity index (χ4v) is 0. The Labute approximate surface area is 47.4 Å². The molecule has 0 nitrogen and oxygen atoms in total. The van der Waals surface area contributed by atoms with Gasteiger partial charge in [0.1, 0.15) is 0 Å². The van der Waals surface area contributed by atoms with Gasteiger partial charge in [0, 0.05) is 0 Å². The molecule has 0 aliphatic rings. The second-order valence-electron chi connectivity index (χ2n) is 1.58. The van der Waals surface area contributed by atoms with Crippen molar-refractivity contribution in [3.05, 3.63) is 0 Å². The molecule has 1 heteroatoms. The van der Waals surface area contributed by atoms with Gasteiger partial charge in [0.15, 0.2) is 0 Å². The van der Waals surface area contributed by atoms with Crippen molar-refractivity contribution in [2.75, 3.05) is 0 Å². The Morgan fingerprint density at radius 2 is 1.80 bits per heavy atom. The first kappa shape index (κ1) is 5.82. The first-order valence-electron chi connectivity index (χ1n) is 1.88. The van der Waals surface area contributed by atoms with E-state index in [9.17, 15) is 0 Å². The molecule has 0 aromatic carbocycles. The van der Waals surface area contributed by atoms with Gasteiger partial charge in [0.05, 0.1) is 0 Å². The summed E-state index contributed by atoms with van der Waals surface area (Å²) in [7, 11) is 0. The van der Waals surface area contributed by atoms with Gasteiger partial charge < -0.3 is 0 Å². The predicted octanol–water partition coefficient (Wildman–Crippen LogP) is 1.23. The molecule has 0 aromatic rings. The monoisotopic (exact) mass is 178 g/mol. The molecule has 0 aliphatic heterocycles. The molecule has 0 heterocycles. The summed E-state index contributed by atoms with van der Waals surface area (Å²) in [4.78, 5) is 0. The minimum absolute atomic E-state index is 0.906. The Morgan fingerprint density at radius 1 is 1.60 bits per heavy atom. The van der Waals surface area contributed by atoms with Gasteiger partial charge in [-0.15, -0.1) is 0 Å². The summed E-state index contributed by atoms with van der Waals surface area (Å²) in [6.07, 6.45) is 0. The molecule has 0 unspecified atom stereocenters. The summed E-state index contributed by atoms with van der Waals surface area (Å²) in [6.45, 7) is 4.47. The van der Waals surface area contributed by atoms with Gasteiger partial charge in [0.2, 0.25) is 0 Å². The molecule has 2 radical (unpaired) electrons. The van der Waals surface area contributed by atoms with E-state index in [1.807, 2.05) is 23.0 Å². The molecule has 0 aromatic heterocycles. The van der Waals surface area contributed by atoms with Crippen molar-refractivity contribution in [3.63, 3.8) is 0 Å². The summed E-state index contributed by atoms with van der Waals surface area (Å²) >= 11 is 1.90. The molecule has 5 heavy (non-hydrogen) atoms. The second-order valence-corrected chi connectivity index (χ2v) is 2.62. The van der Waals surface area contributed by atoms with Crippen LogP contribution in [0.4, 0.5) is 0 Å². The van der Waals surface area contributed by atoms with Gasteiger partial charge in [-0.1, -0.05) is 0 Å². The average Bonchev–Trinajstić information content (AvgIpc) is 1.38. The van der Waals surface area contributed by atoms with Crippen LogP contribution in [0.1, 0.15) is 13.8 Å². The van der Waals surface area contributed by atoms with Crippen LogP contribution in [0, 0.1) is 5.92 Å². The SMILES string of the molecule is CC(C)[CH2][Sb]. The van der Waals surface area contributed by atoms with Crippen LogP contribution in [0.15, 0.2) is 0 Å². The van der Waals surface area contributed by atoms with Crippen molar-refractivity contribution in [2.45, 2.75) is 18.2 Å². The first-order valence-corrected chi connectivity index (χ1v) is 3.68. The fraction of sp³-hybridized carbons (Fsp3) is 1.00. The normalized spacial score (nSPS) is 9.60. The molecule has 0 spiro atoms. The topological polar surface area (TPSA) is 0 Å². The summed E-state index contributed by atoms with van der Waals surface area (Å²) < 4.78 is 1.36. The Balaban J connectivity index is 2.54. The molecule has 0 bridgehead atoms. The predicted molar refractivity (Wildman–Crippen MR) is 25.4 cm³/mol. The summed E-state index contributed by atoms with van der Waals surface area (Å²) in [5.41, 5.74) is 0. The zero-order chi connectivity index (χ0) is 4.28. The van der Waals surface area contributed by atoms with Gasteiger partial charge in [-0.05, 0) is 0 Å². The van der Waals surface area contributed by atoms with E-state index in [4.69, 9.17) is 0 Å². The molecule has 0 saturated carbocycles. The van der Waals surface area contributed by atoms with Crippen LogP contribution in [-0.2, 0) is 0 Å². The summed E-state index contributed by atoms with van der Waals surface area (Å²) in [5.74, 6) is 0.906. The van der Waals surface area contributed by atoms with Crippen LogP contribution in [0.5, 0.6) is 0 Å². The van der Waals surface area contributed by atoms with E-state index in [1.165, 1.54) is 4.37 Å². The number of hydrogen-bond acceptors (Lipinski definition) is 0. The molecule has 0 amide bonds. The van der Waals surface area contributed by atoms with Crippen LogP contribution in [0.3, 0.4) is 0 Å². The Hall–Kier alpha value is 0.818. The first-order chi connectivity index (χ1) is 2.27. The second kappa shape index (κ2) is 3.03. The van der Waals surface area contributed by atoms with Crippen molar-refractivity contribution in [1.29, 1.82) is 0 Å². The molecular weight excluding hydrogens is 170 g/mol. The molecular formula is C4H9Sb. The van der Waals surface area contributed by atoms with Crippen LogP contribution >= 0.6 is 0 Å². The standard InChI is InChI=1S/C4H9.Sb/c1-4(2)3;/h4H,1H2,2-3H3;. The summed E-state index contributed by atoms with van der Waals surface area (Å²) in [5, 5.41) is 0. The number of hydrogen-bond donors (Lipinski definition) is 0. The fourth-order valence-electron chi connectivity index (χ4n) is 0. The van der Waals surface area contributed by atoms with Gasteiger partial charge >= 0.3 is 47.2 Å². The molecule has 0 N–H and O–H groups in total.